The van der Waals surface area contributed by atoms with Crippen molar-refractivity contribution >= 4 is 30.7 Å². The summed E-state index contributed by atoms with van der Waals surface area (Å²) in [7, 11) is 1.69. The Morgan fingerprint density at radius 3 is 2.47 bits per heavy atom. The number of carbonyl (C=O) groups is 1. The van der Waals surface area contributed by atoms with E-state index in [1.807, 2.05) is 18.2 Å². The van der Waals surface area contributed by atoms with Crippen molar-refractivity contribution in [3.63, 3.8) is 0 Å². The smallest absolute Gasteiger partial charge is 0.340 e. The second-order valence-electron chi connectivity index (χ2n) is 8.11. The molecule has 0 bridgehead atoms. The zero-order chi connectivity index (χ0) is 21.4. The molecule has 1 aliphatic carbocycles. The monoisotopic (exact) mass is 489 g/mol. The van der Waals surface area contributed by atoms with Crippen molar-refractivity contribution in [2.75, 3.05) is 33.2 Å². The third-order valence-corrected chi connectivity index (χ3v) is 6.25. The van der Waals surface area contributed by atoms with Gasteiger partial charge in [-0.3, -0.25) is 9.69 Å². The molecule has 1 fully saturated rings. The van der Waals surface area contributed by atoms with Crippen LogP contribution in [0.3, 0.4) is 0 Å². The van der Waals surface area contributed by atoms with E-state index in [0.29, 0.717) is 12.0 Å². The molecule has 32 heavy (non-hydrogen) atoms. The van der Waals surface area contributed by atoms with Gasteiger partial charge in [-0.15, -0.1) is 24.8 Å². The molecule has 2 aromatic carbocycles. The molecule has 1 atom stereocenters. The first kappa shape index (κ1) is 26.5. The van der Waals surface area contributed by atoms with Crippen LogP contribution in [-0.4, -0.2) is 48.9 Å². The number of hydrogen-bond donors (Lipinski definition) is 1. The maximum Gasteiger partial charge on any atom is 0.416 e. The molecular weight excluding hydrogens is 462 g/mol. The molecule has 1 amide bonds. The number of aryl methyl sites for hydroxylation is 1. The fourth-order valence-corrected chi connectivity index (χ4v) is 4.83. The van der Waals surface area contributed by atoms with E-state index in [-0.39, 0.29) is 37.3 Å². The van der Waals surface area contributed by atoms with Crippen LogP contribution in [0.1, 0.15) is 28.7 Å². The first-order valence-electron chi connectivity index (χ1n) is 10.3. The van der Waals surface area contributed by atoms with Gasteiger partial charge in [-0.25, -0.2) is 0 Å². The number of fused-ring (bicyclic) bond motifs is 1. The van der Waals surface area contributed by atoms with Crippen molar-refractivity contribution in [3.05, 3.63) is 70.8 Å². The Labute approximate surface area is 199 Å². The first-order valence-corrected chi connectivity index (χ1v) is 10.3. The van der Waals surface area contributed by atoms with Crippen LogP contribution in [0.15, 0.2) is 48.5 Å². The van der Waals surface area contributed by atoms with Crippen LogP contribution in [0.5, 0.6) is 0 Å². The Hall–Kier alpha value is -1.80. The Bertz CT molecular complexity index is 935. The molecule has 9 heteroatoms. The Morgan fingerprint density at radius 2 is 1.78 bits per heavy atom. The van der Waals surface area contributed by atoms with Gasteiger partial charge in [-0.2, -0.15) is 13.2 Å². The van der Waals surface area contributed by atoms with Crippen LogP contribution in [0.4, 0.5) is 13.2 Å². The normalized spacial score (nSPS) is 20.6. The van der Waals surface area contributed by atoms with E-state index in [9.17, 15) is 18.0 Å². The van der Waals surface area contributed by atoms with Crippen LogP contribution in [0, 0.1) is 0 Å². The number of halogens is 5. The summed E-state index contributed by atoms with van der Waals surface area (Å²) in [6, 6.07) is 13.3. The van der Waals surface area contributed by atoms with Crippen LogP contribution in [0.2, 0.25) is 0 Å². The second kappa shape index (κ2) is 10.4. The van der Waals surface area contributed by atoms with Crippen molar-refractivity contribution in [1.82, 2.24) is 15.1 Å². The predicted molar refractivity (Wildman–Crippen MR) is 123 cm³/mol. The van der Waals surface area contributed by atoms with Crippen molar-refractivity contribution in [1.29, 1.82) is 0 Å². The molecule has 0 spiro atoms. The van der Waals surface area contributed by atoms with E-state index < -0.39 is 17.3 Å². The Balaban J connectivity index is 0.00000181. The van der Waals surface area contributed by atoms with Crippen LogP contribution in [0.25, 0.3) is 0 Å². The van der Waals surface area contributed by atoms with Gasteiger partial charge in [0.2, 0.25) is 5.91 Å². The summed E-state index contributed by atoms with van der Waals surface area (Å²) in [4.78, 5) is 17.7. The number of carbonyl (C=O) groups excluding carboxylic acids is 1. The van der Waals surface area contributed by atoms with Crippen molar-refractivity contribution in [3.8, 4) is 0 Å². The van der Waals surface area contributed by atoms with Gasteiger partial charge >= 0.3 is 6.18 Å². The molecule has 1 N–H and O–H groups in total. The highest BCUT2D eigenvalue weighted by Gasteiger charge is 2.51. The number of nitrogens with one attached hydrogen (secondary N) is 1. The molecule has 0 aromatic heterocycles. The van der Waals surface area contributed by atoms with Crippen LogP contribution >= 0.6 is 24.8 Å². The lowest BCUT2D eigenvalue weighted by Gasteiger charge is -2.44. The van der Waals surface area contributed by atoms with E-state index in [2.05, 4.69) is 16.3 Å². The number of alkyl halides is 3. The van der Waals surface area contributed by atoms with Crippen molar-refractivity contribution in [2.24, 2.45) is 0 Å². The number of rotatable bonds is 4. The third-order valence-electron chi connectivity index (χ3n) is 6.25. The maximum absolute atomic E-state index is 13.9. The van der Waals surface area contributed by atoms with E-state index in [1.54, 1.807) is 18.0 Å². The van der Waals surface area contributed by atoms with E-state index in [1.165, 1.54) is 11.6 Å². The summed E-state index contributed by atoms with van der Waals surface area (Å²) in [6.45, 7) is 3.29. The zero-order valence-corrected chi connectivity index (χ0v) is 19.5. The van der Waals surface area contributed by atoms with Gasteiger partial charge in [0.05, 0.1) is 5.56 Å². The fourth-order valence-electron chi connectivity index (χ4n) is 4.83. The molecule has 1 heterocycles. The van der Waals surface area contributed by atoms with E-state index in [0.717, 1.165) is 50.3 Å². The molecule has 1 saturated heterocycles. The van der Waals surface area contributed by atoms with Crippen LogP contribution < -0.4 is 5.32 Å². The summed E-state index contributed by atoms with van der Waals surface area (Å²) in [5.41, 5.74) is 1.24. The van der Waals surface area contributed by atoms with Gasteiger partial charge in [0.15, 0.2) is 0 Å². The van der Waals surface area contributed by atoms with Gasteiger partial charge in [0.1, 0.15) is 5.54 Å². The minimum atomic E-state index is -4.40. The molecule has 176 valence electrons. The average molecular weight is 490 g/mol. The maximum atomic E-state index is 13.9. The second-order valence-corrected chi connectivity index (χ2v) is 8.11. The number of nitrogens with zero attached hydrogens (tertiary/aromatic N) is 2. The quantitative estimate of drug-likeness (QED) is 0.696. The predicted octanol–water partition coefficient (Wildman–Crippen LogP) is 4.25. The van der Waals surface area contributed by atoms with Gasteiger partial charge in [0.25, 0.3) is 0 Å². The lowest BCUT2D eigenvalue weighted by atomic mass is 9.87. The first-order chi connectivity index (χ1) is 14.3. The molecule has 1 aliphatic heterocycles. The number of hydrogen-bond acceptors (Lipinski definition) is 3. The summed E-state index contributed by atoms with van der Waals surface area (Å²) < 4.78 is 39.3. The van der Waals surface area contributed by atoms with Gasteiger partial charge in [0, 0.05) is 39.8 Å². The molecule has 4 rings (SSSR count). The number of benzene rings is 2. The third kappa shape index (κ3) is 4.91. The van der Waals surface area contributed by atoms with E-state index in [4.69, 9.17) is 0 Å². The lowest BCUT2D eigenvalue weighted by Crippen LogP contribution is -2.60. The standard InChI is InChI=1S/C23H26F3N3O.2ClH/c1-28(16-17-5-4-7-19(15-17)23(24,25)26)21(30)22(29-13-11-27-12-14-29)10-9-18-6-2-3-8-20(18)22;;/h2-8,15,27H,9-14,16H2,1H3;2*1H/t22-;;/m0../s1. The van der Waals surface area contributed by atoms with Crippen molar-refractivity contribution < 1.29 is 18.0 Å². The SMILES string of the molecule is CN(Cc1cccc(C(F)(F)F)c1)C(=O)[C@]1(N2CCNCC2)CCc2ccccc21.Cl.Cl. The minimum Gasteiger partial charge on any atom is -0.340 e. The summed E-state index contributed by atoms with van der Waals surface area (Å²) >= 11 is 0. The average Bonchev–Trinajstić information content (AvgIpc) is 3.14. The fraction of sp³-hybridized carbons (Fsp3) is 0.435. The highest BCUT2D eigenvalue weighted by molar-refractivity contribution is 5.89. The zero-order valence-electron chi connectivity index (χ0n) is 17.8. The number of amides is 1. The summed E-state index contributed by atoms with van der Waals surface area (Å²) in [6.07, 6.45) is -2.88. The van der Waals surface area contributed by atoms with Gasteiger partial charge < -0.3 is 10.2 Å². The molecule has 0 saturated carbocycles. The molecule has 2 aliphatic rings. The lowest BCUT2D eigenvalue weighted by molar-refractivity contribution is -0.145. The van der Waals surface area contributed by atoms with Crippen LogP contribution in [-0.2, 0) is 29.5 Å². The highest BCUT2D eigenvalue weighted by atomic mass is 35.5. The Morgan fingerprint density at radius 1 is 1.09 bits per heavy atom. The van der Waals surface area contributed by atoms with Gasteiger partial charge in [-0.05, 0) is 41.7 Å². The minimum absolute atomic E-state index is 0. The molecule has 4 nitrogen and oxygen atoms in total. The molecule has 0 radical (unpaired) electrons. The number of piperazine rings is 1. The van der Waals surface area contributed by atoms with E-state index >= 15 is 0 Å². The molecule has 2 aromatic rings. The Kier molecular flexibility index (Phi) is 8.62. The molecule has 0 unspecified atom stereocenters. The highest BCUT2D eigenvalue weighted by Crippen LogP contribution is 2.43. The van der Waals surface area contributed by atoms with Crippen molar-refractivity contribution in [2.45, 2.75) is 31.1 Å². The largest absolute Gasteiger partial charge is 0.416 e. The van der Waals surface area contributed by atoms with Gasteiger partial charge in [-0.1, -0.05) is 36.4 Å². The molecular formula is C23H28Cl2F3N3O. The summed E-state index contributed by atoms with van der Waals surface area (Å²) in [5, 5.41) is 3.33. The number of likely N-dealkylation sites (N-methyl/N-ethyl adjacent to an activating group) is 1. The summed E-state index contributed by atoms with van der Waals surface area (Å²) in [5.74, 6) is -0.0493. The topological polar surface area (TPSA) is 35.6 Å².